The van der Waals surface area contributed by atoms with E-state index in [2.05, 4.69) is 0 Å². The first kappa shape index (κ1) is 16.0. The minimum Gasteiger partial charge on any atom is -0.388 e. The normalized spacial score (nSPS) is 21.6. The molecule has 1 amide bonds. The van der Waals surface area contributed by atoms with Gasteiger partial charge >= 0.3 is 0 Å². The summed E-state index contributed by atoms with van der Waals surface area (Å²) in [6.07, 6.45) is 1.99. The molecule has 0 saturated carbocycles. The van der Waals surface area contributed by atoms with E-state index in [0.717, 1.165) is 24.9 Å². The fourth-order valence-electron chi connectivity index (χ4n) is 2.92. The smallest absolute Gasteiger partial charge is 0.239 e. The lowest BCUT2D eigenvalue weighted by atomic mass is 9.99. The van der Waals surface area contributed by atoms with Gasteiger partial charge < -0.3 is 15.7 Å². The van der Waals surface area contributed by atoms with Gasteiger partial charge in [-0.05, 0) is 30.7 Å². The van der Waals surface area contributed by atoms with Crippen LogP contribution in [0.1, 0.15) is 44.8 Å². The number of hydrogen-bond acceptors (Lipinski definition) is 3. The highest BCUT2D eigenvalue weighted by Gasteiger charge is 2.33. The Bertz CT molecular complexity index is 461. The quantitative estimate of drug-likeness (QED) is 0.872. The van der Waals surface area contributed by atoms with Crippen molar-refractivity contribution in [1.82, 2.24) is 4.90 Å². The number of aliphatic hydroxyl groups excluding tert-OH is 1. The minimum atomic E-state index is -0.528. The lowest BCUT2D eigenvalue weighted by molar-refractivity contribution is -0.134. The molecule has 1 aliphatic rings. The van der Waals surface area contributed by atoms with E-state index in [9.17, 15) is 9.90 Å². The van der Waals surface area contributed by atoms with Crippen molar-refractivity contribution in [2.75, 3.05) is 6.54 Å². The maximum atomic E-state index is 12.4. The van der Waals surface area contributed by atoms with Crippen LogP contribution in [0.5, 0.6) is 0 Å². The van der Waals surface area contributed by atoms with Crippen molar-refractivity contribution < 1.29 is 9.90 Å². The van der Waals surface area contributed by atoms with Crippen LogP contribution in [0.4, 0.5) is 0 Å². The molecule has 1 aromatic carbocycles. The molecule has 1 aromatic rings. The molecule has 0 aromatic heterocycles. The molecule has 4 nitrogen and oxygen atoms in total. The molecular weight excluding hydrogens is 264 g/mol. The van der Waals surface area contributed by atoms with Gasteiger partial charge in [0.2, 0.25) is 5.91 Å². The van der Waals surface area contributed by atoms with Gasteiger partial charge in [-0.2, -0.15) is 0 Å². The molecule has 1 aliphatic heterocycles. The standard InChI is InChI=1S/C17H26N2O2/c1-12(2)16(18)17(21)19-10-6-9-14(19)11-15(20)13-7-4-3-5-8-13/h3-5,7-8,12,14-16,20H,6,9-11,18H2,1-2H3. The van der Waals surface area contributed by atoms with E-state index >= 15 is 0 Å². The van der Waals surface area contributed by atoms with Gasteiger partial charge in [0.25, 0.3) is 0 Å². The highest BCUT2D eigenvalue weighted by Crippen LogP contribution is 2.28. The van der Waals surface area contributed by atoms with Gasteiger partial charge in [-0.1, -0.05) is 44.2 Å². The molecule has 0 radical (unpaired) electrons. The summed E-state index contributed by atoms with van der Waals surface area (Å²) in [7, 11) is 0. The molecule has 3 atom stereocenters. The second-order valence-corrected chi connectivity index (χ2v) is 6.26. The number of carbonyl (C=O) groups excluding carboxylic acids is 1. The average Bonchev–Trinajstić information content (AvgIpc) is 2.94. The first-order chi connectivity index (χ1) is 10.0. The van der Waals surface area contributed by atoms with Crippen LogP contribution in [0.25, 0.3) is 0 Å². The van der Waals surface area contributed by atoms with Crippen LogP contribution in [-0.4, -0.2) is 34.5 Å². The maximum Gasteiger partial charge on any atom is 0.239 e. The van der Waals surface area contributed by atoms with E-state index in [4.69, 9.17) is 5.73 Å². The number of rotatable bonds is 5. The van der Waals surface area contributed by atoms with Crippen molar-refractivity contribution >= 4 is 5.91 Å². The Labute approximate surface area is 126 Å². The third-order valence-corrected chi connectivity index (χ3v) is 4.34. The number of carbonyl (C=O) groups is 1. The minimum absolute atomic E-state index is 0.0211. The molecule has 0 aliphatic carbocycles. The summed E-state index contributed by atoms with van der Waals surface area (Å²) in [5, 5.41) is 10.4. The summed E-state index contributed by atoms with van der Waals surface area (Å²) in [6, 6.07) is 9.27. The Hall–Kier alpha value is -1.39. The predicted octanol–water partition coefficient (Wildman–Crippen LogP) is 2.08. The van der Waals surface area contributed by atoms with Crippen LogP contribution in [0, 0.1) is 5.92 Å². The summed E-state index contributed by atoms with van der Waals surface area (Å²) >= 11 is 0. The summed E-state index contributed by atoms with van der Waals surface area (Å²) in [5.74, 6) is 0.158. The monoisotopic (exact) mass is 290 g/mol. The molecule has 3 unspecified atom stereocenters. The second-order valence-electron chi connectivity index (χ2n) is 6.26. The van der Waals surface area contributed by atoms with Gasteiger partial charge in [-0.3, -0.25) is 4.79 Å². The van der Waals surface area contributed by atoms with Crippen LogP contribution in [0.2, 0.25) is 0 Å². The molecule has 0 bridgehead atoms. The van der Waals surface area contributed by atoms with Gasteiger partial charge in [0.1, 0.15) is 0 Å². The molecule has 3 N–H and O–H groups in total. The zero-order valence-corrected chi connectivity index (χ0v) is 12.9. The number of aliphatic hydroxyl groups is 1. The lowest BCUT2D eigenvalue weighted by Crippen LogP contribution is -2.48. The van der Waals surface area contributed by atoms with Gasteiger partial charge in [-0.15, -0.1) is 0 Å². The SMILES string of the molecule is CC(C)C(N)C(=O)N1CCCC1CC(O)c1ccccc1. The fraction of sp³-hybridized carbons (Fsp3) is 0.588. The Morgan fingerprint density at radius 3 is 2.67 bits per heavy atom. The van der Waals surface area contributed by atoms with Crippen LogP contribution in [0.15, 0.2) is 30.3 Å². The Morgan fingerprint density at radius 1 is 1.38 bits per heavy atom. The van der Waals surface area contributed by atoms with Crippen molar-refractivity contribution in [3.63, 3.8) is 0 Å². The van der Waals surface area contributed by atoms with Gasteiger partial charge in [-0.25, -0.2) is 0 Å². The van der Waals surface area contributed by atoms with E-state index in [-0.39, 0.29) is 17.9 Å². The van der Waals surface area contributed by atoms with E-state index in [0.29, 0.717) is 6.42 Å². The molecule has 0 spiro atoms. The van der Waals surface area contributed by atoms with Crippen molar-refractivity contribution in [1.29, 1.82) is 0 Å². The second kappa shape index (κ2) is 7.05. The molecule has 1 heterocycles. The zero-order valence-electron chi connectivity index (χ0n) is 12.9. The first-order valence-electron chi connectivity index (χ1n) is 7.79. The first-order valence-corrected chi connectivity index (χ1v) is 7.79. The van der Waals surface area contributed by atoms with Crippen LogP contribution >= 0.6 is 0 Å². The van der Waals surface area contributed by atoms with Gasteiger partial charge in [0.05, 0.1) is 12.1 Å². The molecule has 116 valence electrons. The Kier molecular flexibility index (Phi) is 5.37. The maximum absolute atomic E-state index is 12.4. The highest BCUT2D eigenvalue weighted by molar-refractivity contribution is 5.82. The summed E-state index contributed by atoms with van der Waals surface area (Å²) in [4.78, 5) is 14.3. The highest BCUT2D eigenvalue weighted by atomic mass is 16.3. The van der Waals surface area contributed by atoms with Crippen LogP contribution in [0.3, 0.4) is 0 Å². The third-order valence-electron chi connectivity index (χ3n) is 4.34. The van der Waals surface area contributed by atoms with E-state index < -0.39 is 12.1 Å². The van der Waals surface area contributed by atoms with E-state index in [1.165, 1.54) is 0 Å². The molecule has 1 fully saturated rings. The largest absolute Gasteiger partial charge is 0.388 e. The van der Waals surface area contributed by atoms with Crippen LogP contribution < -0.4 is 5.73 Å². The summed E-state index contributed by atoms with van der Waals surface area (Å²) < 4.78 is 0. The number of amides is 1. The number of nitrogens with two attached hydrogens (primary N) is 1. The Morgan fingerprint density at radius 2 is 2.05 bits per heavy atom. The zero-order chi connectivity index (χ0) is 15.4. The number of benzene rings is 1. The lowest BCUT2D eigenvalue weighted by Gasteiger charge is -2.30. The predicted molar refractivity (Wildman–Crippen MR) is 83.6 cm³/mol. The molecule has 21 heavy (non-hydrogen) atoms. The molecule has 1 saturated heterocycles. The van der Waals surface area contributed by atoms with Crippen molar-refractivity contribution in [3.8, 4) is 0 Å². The summed E-state index contributed by atoms with van der Waals surface area (Å²) in [5.41, 5.74) is 6.90. The van der Waals surface area contributed by atoms with Gasteiger partial charge in [0, 0.05) is 12.6 Å². The topological polar surface area (TPSA) is 66.6 Å². The van der Waals surface area contributed by atoms with Crippen molar-refractivity contribution in [3.05, 3.63) is 35.9 Å². The van der Waals surface area contributed by atoms with Crippen molar-refractivity contribution in [2.45, 2.75) is 51.3 Å². The molecular formula is C17H26N2O2. The van der Waals surface area contributed by atoms with Crippen LogP contribution in [-0.2, 0) is 4.79 Å². The number of likely N-dealkylation sites (tertiary alicyclic amines) is 1. The Balaban J connectivity index is 2.01. The van der Waals surface area contributed by atoms with E-state index in [1.807, 2.05) is 49.1 Å². The molecule has 2 rings (SSSR count). The average molecular weight is 290 g/mol. The number of hydrogen-bond donors (Lipinski definition) is 2. The van der Waals surface area contributed by atoms with E-state index in [1.54, 1.807) is 0 Å². The fourth-order valence-corrected chi connectivity index (χ4v) is 2.92. The van der Waals surface area contributed by atoms with Crippen molar-refractivity contribution in [2.24, 2.45) is 11.7 Å². The molecule has 4 heteroatoms. The van der Waals surface area contributed by atoms with Gasteiger partial charge in [0.15, 0.2) is 0 Å². The summed E-state index contributed by atoms with van der Waals surface area (Å²) in [6.45, 7) is 4.68. The number of nitrogens with zero attached hydrogens (tertiary/aromatic N) is 1. The third kappa shape index (κ3) is 3.83.